The van der Waals surface area contributed by atoms with Crippen molar-refractivity contribution in [1.82, 2.24) is 15.5 Å². The van der Waals surface area contributed by atoms with Crippen LogP contribution in [-0.4, -0.2) is 55.7 Å². The summed E-state index contributed by atoms with van der Waals surface area (Å²) in [7, 11) is 0. The lowest BCUT2D eigenvalue weighted by Crippen LogP contribution is -2.44. The Hall–Kier alpha value is -1.69. The largest absolute Gasteiger partial charge is 0.373 e. The maximum Gasteiger partial charge on any atom is 0.251 e. The molecule has 2 heterocycles. The van der Waals surface area contributed by atoms with Crippen LogP contribution in [0.2, 0.25) is 0 Å². The fraction of sp³-hybridized carbons (Fsp3) is 0.550. The molecule has 0 spiro atoms. The third-order valence-electron chi connectivity index (χ3n) is 4.75. The second kappa shape index (κ2) is 8.61. The number of benzene rings is 1. The van der Waals surface area contributed by atoms with Gasteiger partial charge in [0.25, 0.3) is 5.91 Å². The van der Waals surface area contributed by atoms with E-state index in [9.17, 15) is 4.79 Å². The number of carbonyl (C=O) groups excluding carboxylic acids is 1. The topological polar surface area (TPSA) is 53.6 Å². The van der Waals surface area contributed by atoms with E-state index in [0.717, 1.165) is 44.7 Å². The third kappa shape index (κ3) is 5.39. The van der Waals surface area contributed by atoms with Gasteiger partial charge in [-0.05, 0) is 44.5 Å². The standard InChI is InChI=1S/C20H29N3O2/c1-15-12-23(13-16(2)25-15)14-18-3-5-19(6-4-18)20(24)22-11-17-7-9-21-10-8-17/h3-7,15-16,21H,8-14H2,1-2H3,(H,22,24). The van der Waals surface area contributed by atoms with E-state index in [1.54, 1.807) is 0 Å². The van der Waals surface area contributed by atoms with Gasteiger partial charge in [-0.3, -0.25) is 9.69 Å². The highest BCUT2D eigenvalue weighted by Gasteiger charge is 2.22. The molecule has 136 valence electrons. The quantitative estimate of drug-likeness (QED) is 0.803. The van der Waals surface area contributed by atoms with E-state index in [1.165, 1.54) is 11.1 Å². The molecule has 2 aliphatic rings. The Balaban J connectivity index is 1.51. The number of ether oxygens (including phenoxy) is 1. The first-order valence-electron chi connectivity index (χ1n) is 9.24. The van der Waals surface area contributed by atoms with Gasteiger partial charge in [-0.25, -0.2) is 0 Å². The molecule has 2 atom stereocenters. The summed E-state index contributed by atoms with van der Waals surface area (Å²) in [5.74, 6) is -0.000371. The van der Waals surface area contributed by atoms with Crippen molar-refractivity contribution < 1.29 is 9.53 Å². The summed E-state index contributed by atoms with van der Waals surface area (Å²) in [5.41, 5.74) is 3.26. The molecule has 0 radical (unpaired) electrons. The summed E-state index contributed by atoms with van der Waals surface area (Å²) in [6.45, 7) is 9.59. The van der Waals surface area contributed by atoms with Crippen molar-refractivity contribution in [1.29, 1.82) is 0 Å². The van der Waals surface area contributed by atoms with Gasteiger partial charge in [0.05, 0.1) is 12.2 Å². The smallest absolute Gasteiger partial charge is 0.251 e. The summed E-state index contributed by atoms with van der Waals surface area (Å²) >= 11 is 0. The second-order valence-electron chi connectivity index (χ2n) is 7.15. The Morgan fingerprint density at radius 2 is 1.96 bits per heavy atom. The molecule has 5 nitrogen and oxygen atoms in total. The highest BCUT2D eigenvalue weighted by atomic mass is 16.5. The average Bonchev–Trinajstić information content (AvgIpc) is 2.60. The molecule has 5 heteroatoms. The summed E-state index contributed by atoms with van der Waals surface area (Å²) in [4.78, 5) is 14.7. The van der Waals surface area contributed by atoms with Crippen LogP contribution in [0.3, 0.4) is 0 Å². The molecule has 2 unspecified atom stereocenters. The number of morpholine rings is 1. The van der Waals surface area contributed by atoms with E-state index >= 15 is 0 Å². The molecule has 1 aromatic carbocycles. The first kappa shape index (κ1) is 18.1. The zero-order chi connectivity index (χ0) is 17.6. The van der Waals surface area contributed by atoms with Gasteiger partial charge in [0, 0.05) is 38.3 Å². The molecule has 0 aromatic heterocycles. The summed E-state index contributed by atoms with van der Waals surface area (Å²) < 4.78 is 5.78. The normalized spacial score (nSPS) is 24.6. The van der Waals surface area contributed by atoms with Crippen LogP contribution in [0.5, 0.6) is 0 Å². The van der Waals surface area contributed by atoms with Crippen molar-refractivity contribution in [3.8, 4) is 0 Å². The molecule has 1 aromatic rings. The van der Waals surface area contributed by atoms with Crippen LogP contribution in [0.25, 0.3) is 0 Å². The van der Waals surface area contributed by atoms with Crippen molar-refractivity contribution in [2.75, 3.05) is 32.7 Å². The zero-order valence-corrected chi connectivity index (χ0v) is 15.3. The Labute approximate surface area is 150 Å². The van der Waals surface area contributed by atoms with Gasteiger partial charge in [-0.2, -0.15) is 0 Å². The lowest BCUT2D eigenvalue weighted by molar-refractivity contribution is -0.0704. The van der Waals surface area contributed by atoms with E-state index in [-0.39, 0.29) is 18.1 Å². The maximum atomic E-state index is 12.3. The predicted molar refractivity (Wildman–Crippen MR) is 99.6 cm³/mol. The van der Waals surface area contributed by atoms with E-state index in [1.807, 2.05) is 12.1 Å². The maximum absolute atomic E-state index is 12.3. The molecule has 1 amide bonds. The Kier molecular flexibility index (Phi) is 6.24. The van der Waals surface area contributed by atoms with Crippen LogP contribution >= 0.6 is 0 Å². The predicted octanol–water partition coefficient (Wildman–Crippen LogP) is 1.95. The van der Waals surface area contributed by atoms with Crippen molar-refractivity contribution in [3.05, 3.63) is 47.0 Å². The van der Waals surface area contributed by atoms with Gasteiger partial charge in [0.15, 0.2) is 0 Å². The number of hydrogen-bond acceptors (Lipinski definition) is 4. The minimum atomic E-state index is -0.000371. The van der Waals surface area contributed by atoms with Gasteiger partial charge in [-0.1, -0.05) is 23.8 Å². The van der Waals surface area contributed by atoms with Gasteiger partial charge in [0.2, 0.25) is 0 Å². The third-order valence-corrected chi connectivity index (χ3v) is 4.75. The highest BCUT2D eigenvalue weighted by molar-refractivity contribution is 5.94. The van der Waals surface area contributed by atoms with Gasteiger partial charge in [0.1, 0.15) is 0 Å². The van der Waals surface area contributed by atoms with Crippen LogP contribution in [0.15, 0.2) is 35.9 Å². The number of nitrogens with zero attached hydrogens (tertiary/aromatic N) is 1. The van der Waals surface area contributed by atoms with Crippen molar-refractivity contribution >= 4 is 5.91 Å². The van der Waals surface area contributed by atoms with Crippen molar-refractivity contribution in [2.24, 2.45) is 0 Å². The second-order valence-corrected chi connectivity index (χ2v) is 7.15. The van der Waals surface area contributed by atoms with Crippen LogP contribution in [0, 0.1) is 0 Å². The van der Waals surface area contributed by atoms with Gasteiger partial charge >= 0.3 is 0 Å². The SMILES string of the molecule is CC1CN(Cc2ccc(C(=O)NCC3=CCNCC3)cc2)CC(C)O1. The molecule has 0 bridgehead atoms. The number of rotatable bonds is 5. The van der Waals surface area contributed by atoms with Crippen LogP contribution < -0.4 is 10.6 Å². The fourth-order valence-electron chi connectivity index (χ4n) is 3.56. The molecule has 2 aliphatic heterocycles. The van der Waals surface area contributed by atoms with E-state index in [0.29, 0.717) is 6.54 Å². The lowest BCUT2D eigenvalue weighted by Gasteiger charge is -2.35. The molecule has 0 saturated carbocycles. The summed E-state index contributed by atoms with van der Waals surface area (Å²) in [5, 5.41) is 6.30. The van der Waals surface area contributed by atoms with Crippen LogP contribution in [-0.2, 0) is 11.3 Å². The molecule has 1 fully saturated rings. The summed E-state index contributed by atoms with van der Waals surface area (Å²) in [6, 6.07) is 7.97. The highest BCUT2D eigenvalue weighted by Crippen LogP contribution is 2.15. The van der Waals surface area contributed by atoms with Crippen LogP contribution in [0.1, 0.15) is 36.2 Å². The lowest BCUT2D eigenvalue weighted by atomic mass is 10.1. The Morgan fingerprint density at radius 1 is 1.24 bits per heavy atom. The molecule has 0 aliphatic carbocycles. The van der Waals surface area contributed by atoms with Gasteiger partial charge < -0.3 is 15.4 Å². The van der Waals surface area contributed by atoms with E-state index in [2.05, 4.69) is 47.6 Å². The molecule has 25 heavy (non-hydrogen) atoms. The van der Waals surface area contributed by atoms with Gasteiger partial charge in [-0.15, -0.1) is 0 Å². The molecular weight excluding hydrogens is 314 g/mol. The fourth-order valence-corrected chi connectivity index (χ4v) is 3.56. The average molecular weight is 343 g/mol. The number of carbonyl (C=O) groups is 1. The number of amides is 1. The first-order chi connectivity index (χ1) is 12.1. The van der Waals surface area contributed by atoms with E-state index in [4.69, 9.17) is 4.74 Å². The molecule has 3 rings (SSSR count). The van der Waals surface area contributed by atoms with E-state index < -0.39 is 0 Å². The molecular formula is C20H29N3O2. The van der Waals surface area contributed by atoms with Crippen LogP contribution in [0.4, 0.5) is 0 Å². The minimum Gasteiger partial charge on any atom is -0.373 e. The Morgan fingerprint density at radius 3 is 2.60 bits per heavy atom. The number of hydrogen-bond donors (Lipinski definition) is 2. The van der Waals surface area contributed by atoms with Crippen molar-refractivity contribution in [2.45, 2.75) is 39.0 Å². The minimum absolute atomic E-state index is 0.000371. The summed E-state index contributed by atoms with van der Waals surface area (Å²) in [6.07, 6.45) is 3.73. The first-order valence-corrected chi connectivity index (χ1v) is 9.24. The zero-order valence-electron chi connectivity index (χ0n) is 15.3. The molecule has 1 saturated heterocycles. The molecule has 2 N–H and O–H groups in total. The number of nitrogens with one attached hydrogen (secondary N) is 2. The Bertz CT molecular complexity index is 602. The monoisotopic (exact) mass is 343 g/mol. The van der Waals surface area contributed by atoms with Crippen molar-refractivity contribution in [3.63, 3.8) is 0 Å².